The Hall–Kier alpha value is -2.50. The van der Waals surface area contributed by atoms with Crippen LogP contribution in [0.4, 0.5) is 5.82 Å². The number of anilines is 1. The smallest absolute Gasteiger partial charge is 0.162 e. The standard InChI is InChI=1S/C18H22N4O2/c1-11-19-17-16(18(20-11)22-7-5-4-6-8-22)12-9-14(23-2)15(24-3)10-13(12)21-17/h9-10H,4-8H2,1-3H3,(H,19,20,21). The summed E-state index contributed by atoms with van der Waals surface area (Å²) in [5, 5.41) is 2.14. The molecule has 6 heteroatoms. The van der Waals surface area contributed by atoms with Crippen LogP contribution in [0.2, 0.25) is 0 Å². The van der Waals surface area contributed by atoms with Gasteiger partial charge in [-0.2, -0.15) is 0 Å². The van der Waals surface area contributed by atoms with Gasteiger partial charge in [-0.05, 0) is 32.3 Å². The molecule has 0 amide bonds. The summed E-state index contributed by atoms with van der Waals surface area (Å²) in [6, 6.07) is 3.98. The van der Waals surface area contributed by atoms with E-state index in [-0.39, 0.29) is 0 Å². The van der Waals surface area contributed by atoms with Crippen molar-refractivity contribution in [3.63, 3.8) is 0 Å². The molecule has 2 aromatic heterocycles. The van der Waals surface area contributed by atoms with Crippen LogP contribution in [0.3, 0.4) is 0 Å². The summed E-state index contributed by atoms with van der Waals surface area (Å²) in [7, 11) is 3.31. The summed E-state index contributed by atoms with van der Waals surface area (Å²) in [5.41, 5.74) is 1.86. The Labute approximate surface area is 140 Å². The largest absolute Gasteiger partial charge is 0.493 e. The fraction of sp³-hybridized carbons (Fsp3) is 0.444. The average molecular weight is 326 g/mol. The van der Waals surface area contributed by atoms with Crippen molar-refractivity contribution in [2.75, 3.05) is 32.2 Å². The molecular weight excluding hydrogens is 304 g/mol. The predicted molar refractivity (Wildman–Crippen MR) is 95.3 cm³/mol. The van der Waals surface area contributed by atoms with Gasteiger partial charge in [0, 0.05) is 24.5 Å². The van der Waals surface area contributed by atoms with Gasteiger partial charge in [0.2, 0.25) is 0 Å². The van der Waals surface area contributed by atoms with E-state index in [9.17, 15) is 0 Å². The minimum atomic E-state index is 0.709. The topological polar surface area (TPSA) is 63.3 Å². The Balaban J connectivity index is 2.00. The van der Waals surface area contributed by atoms with Crippen molar-refractivity contribution in [3.05, 3.63) is 18.0 Å². The maximum absolute atomic E-state index is 5.48. The summed E-state index contributed by atoms with van der Waals surface area (Å²) in [6.45, 7) is 4.04. The number of ether oxygens (including phenoxy) is 2. The van der Waals surface area contributed by atoms with Gasteiger partial charge in [0.1, 0.15) is 17.3 Å². The van der Waals surface area contributed by atoms with E-state index in [2.05, 4.69) is 14.9 Å². The fourth-order valence-corrected chi connectivity index (χ4v) is 3.55. The predicted octanol–water partition coefficient (Wildman–Crippen LogP) is 3.43. The third-order valence-electron chi connectivity index (χ3n) is 4.70. The molecule has 0 aliphatic carbocycles. The third kappa shape index (κ3) is 2.33. The number of aromatic nitrogens is 3. The van der Waals surface area contributed by atoms with E-state index in [1.54, 1.807) is 14.2 Å². The summed E-state index contributed by atoms with van der Waals surface area (Å²) in [4.78, 5) is 15.2. The lowest BCUT2D eigenvalue weighted by atomic mass is 10.1. The summed E-state index contributed by atoms with van der Waals surface area (Å²) in [5.74, 6) is 3.24. The lowest BCUT2D eigenvalue weighted by Crippen LogP contribution is -2.30. The minimum absolute atomic E-state index is 0.709. The Morgan fingerprint density at radius 2 is 1.71 bits per heavy atom. The first-order chi connectivity index (χ1) is 11.7. The van der Waals surface area contributed by atoms with E-state index in [0.717, 1.165) is 52.4 Å². The second kappa shape index (κ2) is 5.85. The lowest BCUT2D eigenvalue weighted by molar-refractivity contribution is 0.356. The van der Waals surface area contributed by atoms with Crippen molar-refractivity contribution in [2.45, 2.75) is 26.2 Å². The molecule has 0 radical (unpaired) electrons. The number of nitrogens with one attached hydrogen (secondary N) is 1. The van der Waals surface area contributed by atoms with Crippen molar-refractivity contribution in [3.8, 4) is 11.5 Å². The number of methoxy groups -OCH3 is 2. The first-order valence-corrected chi connectivity index (χ1v) is 8.38. The number of hydrogen-bond donors (Lipinski definition) is 1. The van der Waals surface area contributed by atoms with Crippen LogP contribution < -0.4 is 14.4 Å². The molecule has 1 aromatic carbocycles. The maximum Gasteiger partial charge on any atom is 0.162 e. The molecule has 0 atom stereocenters. The van der Waals surface area contributed by atoms with Gasteiger partial charge in [-0.1, -0.05) is 0 Å². The van der Waals surface area contributed by atoms with Gasteiger partial charge in [0.25, 0.3) is 0 Å². The van der Waals surface area contributed by atoms with Gasteiger partial charge in [-0.15, -0.1) is 0 Å². The molecule has 0 unspecified atom stereocenters. The highest BCUT2D eigenvalue weighted by Crippen LogP contribution is 2.38. The Morgan fingerprint density at radius 3 is 2.42 bits per heavy atom. The zero-order valence-corrected chi connectivity index (χ0v) is 14.3. The van der Waals surface area contributed by atoms with E-state index in [4.69, 9.17) is 14.5 Å². The quantitative estimate of drug-likeness (QED) is 0.799. The van der Waals surface area contributed by atoms with Crippen LogP contribution >= 0.6 is 0 Å². The first-order valence-electron chi connectivity index (χ1n) is 8.38. The van der Waals surface area contributed by atoms with Crippen molar-refractivity contribution >= 4 is 27.8 Å². The van der Waals surface area contributed by atoms with Gasteiger partial charge >= 0.3 is 0 Å². The summed E-state index contributed by atoms with van der Waals surface area (Å²) >= 11 is 0. The van der Waals surface area contributed by atoms with E-state index in [1.807, 2.05) is 19.1 Å². The van der Waals surface area contributed by atoms with Gasteiger partial charge in [0.05, 0.1) is 25.1 Å². The highest BCUT2D eigenvalue weighted by Gasteiger charge is 2.21. The van der Waals surface area contributed by atoms with Crippen LogP contribution in [0.25, 0.3) is 21.9 Å². The second-order valence-corrected chi connectivity index (χ2v) is 6.24. The number of aromatic amines is 1. The molecular formula is C18H22N4O2. The van der Waals surface area contributed by atoms with Crippen LogP contribution in [-0.4, -0.2) is 42.3 Å². The molecule has 6 nitrogen and oxygen atoms in total. The van der Waals surface area contributed by atoms with Crippen molar-refractivity contribution in [1.82, 2.24) is 15.0 Å². The Bertz CT molecular complexity index is 897. The van der Waals surface area contributed by atoms with E-state index < -0.39 is 0 Å². The first kappa shape index (κ1) is 15.1. The summed E-state index contributed by atoms with van der Waals surface area (Å²) in [6.07, 6.45) is 3.72. The molecule has 1 aliphatic rings. The van der Waals surface area contributed by atoms with E-state index in [0.29, 0.717) is 5.75 Å². The highest BCUT2D eigenvalue weighted by molar-refractivity contribution is 6.12. The van der Waals surface area contributed by atoms with Crippen LogP contribution in [0.1, 0.15) is 25.1 Å². The van der Waals surface area contributed by atoms with Crippen LogP contribution in [0, 0.1) is 6.92 Å². The number of benzene rings is 1. The molecule has 1 aliphatic heterocycles. The van der Waals surface area contributed by atoms with Gasteiger partial charge in [-0.3, -0.25) is 0 Å². The molecule has 4 rings (SSSR count). The van der Waals surface area contributed by atoms with Crippen LogP contribution in [0.15, 0.2) is 12.1 Å². The fourth-order valence-electron chi connectivity index (χ4n) is 3.55. The average Bonchev–Trinajstić information content (AvgIpc) is 2.97. The number of fused-ring (bicyclic) bond motifs is 3. The zero-order chi connectivity index (χ0) is 16.7. The van der Waals surface area contributed by atoms with Crippen molar-refractivity contribution in [2.24, 2.45) is 0 Å². The number of aryl methyl sites for hydroxylation is 1. The van der Waals surface area contributed by atoms with Gasteiger partial charge in [-0.25, -0.2) is 9.97 Å². The normalized spacial score (nSPS) is 15.2. The maximum atomic E-state index is 5.48. The number of nitrogens with zero attached hydrogens (tertiary/aromatic N) is 3. The third-order valence-corrected chi connectivity index (χ3v) is 4.70. The molecule has 0 saturated carbocycles. The molecule has 3 heterocycles. The number of piperidine rings is 1. The van der Waals surface area contributed by atoms with Crippen LogP contribution in [-0.2, 0) is 0 Å². The molecule has 126 valence electrons. The molecule has 0 bridgehead atoms. The second-order valence-electron chi connectivity index (χ2n) is 6.24. The highest BCUT2D eigenvalue weighted by atomic mass is 16.5. The lowest BCUT2D eigenvalue weighted by Gasteiger charge is -2.28. The number of hydrogen-bond acceptors (Lipinski definition) is 5. The number of H-pyrrole nitrogens is 1. The Morgan fingerprint density at radius 1 is 1.00 bits per heavy atom. The van der Waals surface area contributed by atoms with E-state index >= 15 is 0 Å². The van der Waals surface area contributed by atoms with Crippen molar-refractivity contribution < 1.29 is 9.47 Å². The zero-order valence-electron chi connectivity index (χ0n) is 14.3. The molecule has 1 N–H and O–H groups in total. The Kier molecular flexibility index (Phi) is 3.67. The molecule has 0 spiro atoms. The number of rotatable bonds is 3. The molecule has 1 saturated heterocycles. The van der Waals surface area contributed by atoms with Crippen LogP contribution in [0.5, 0.6) is 11.5 Å². The van der Waals surface area contributed by atoms with Crippen molar-refractivity contribution in [1.29, 1.82) is 0 Å². The molecule has 1 fully saturated rings. The molecule has 3 aromatic rings. The monoisotopic (exact) mass is 326 g/mol. The van der Waals surface area contributed by atoms with Gasteiger partial charge in [0.15, 0.2) is 11.5 Å². The minimum Gasteiger partial charge on any atom is -0.493 e. The molecule has 24 heavy (non-hydrogen) atoms. The SMILES string of the molecule is COc1cc2[nH]c3nc(C)nc(N4CCCCC4)c3c2cc1OC. The van der Waals surface area contributed by atoms with E-state index in [1.165, 1.54) is 19.3 Å². The summed E-state index contributed by atoms with van der Waals surface area (Å²) < 4.78 is 10.9. The van der Waals surface area contributed by atoms with Gasteiger partial charge < -0.3 is 19.4 Å².